The van der Waals surface area contributed by atoms with Gasteiger partial charge in [0, 0.05) is 19.2 Å². The molecule has 0 amide bonds. The number of rotatable bonds is 4. The third kappa shape index (κ3) is 2.71. The molecule has 2 aromatic rings. The number of halogens is 1. The summed E-state index contributed by atoms with van der Waals surface area (Å²) < 4.78 is 1.95. The van der Waals surface area contributed by atoms with E-state index in [1.54, 1.807) is 0 Å². The SMILES string of the molecule is Cn1c(-c2ccccc2)nc(C(CN)N2CCCC2)c1Cl. The second-order valence-electron chi connectivity index (χ2n) is 5.53. The van der Waals surface area contributed by atoms with E-state index < -0.39 is 0 Å². The Morgan fingerprint density at radius 2 is 1.90 bits per heavy atom. The van der Waals surface area contributed by atoms with Crippen LogP contribution in [0.1, 0.15) is 24.6 Å². The summed E-state index contributed by atoms with van der Waals surface area (Å²) in [5.41, 5.74) is 7.98. The molecule has 1 aromatic heterocycles. The Labute approximate surface area is 130 Å². The van der Waals surface area contributed by atoms with Crippen LogP contribution in [0.2, 0.25) is 5.15 Å². The van der Waals surface area contributed by atoms with E-state index in [0.29, 0.717) is 11.7 Å². The number of imidazole rings is 1. The lowest BCUT2D eigenvalue weighted by molar-refractivity contribution is 0.247. The molecule has 2 N–H and O–H groups in total. The van der Waals surface area contributed by atoms with Crippen molar-refractivity contribution in [3.63, 3.8) is 0 Å². The zero-order valence-electron chi connectivity index (χ0n) is 12.3. The van der Waals surface area contributed by atoms with Crippen LogP contribution < -0.4 is 5.73 Å². The molecular formula is C16H21ClN4. The van der Waals surface area contributed by atoms with Crippen molar-refractivity contribution in [3.8, 4) is 11.4 Å². The van der Waals surface area contributed by atoms with Crippen molar-refractivity contribution in [1.82, 2.24) is 14.5 Å². The second kappa shape index (κ2) is 6.18. The highest BCUT2D eigenvalue weighted by molar-refractivity contribution is 6.30. The van der Waals surface area contributed by atoms with Gasteiger partial charge in [0.1, 0.15) is 11.0 Å². The first kappa shape index (κ1) is 14.6. The smallest absolute Gasteiger partial charge is 0.141 e. The molecule has 1 unspecified atom stereocenters. The minimum Gasteiger partial charge on any atom is -0.329 e. The summed E-state index contributed by atoms with van der Waals surface area (Å²) in [6, 6.07) is 10.2. The summed E-state index contributed by atoms with van der Waals surface area (Å²) in [5, 5.41) is 0.691. The molecule has 0 bridgehead atoms. The predicted molar refractivity (Wildman–Crippen MR) is 86.3 cm³/mol. The molecule has 0 spiro atoms. The molecule has 2 heterocycles. The van der Waals surface area contributed by atoms with Gasteiger partial charge in [-0.1, -0.05) is 41.9 Å². The van der Waals surface area contributed by atoms with Crippen molar-refractivity contribution in [2.24, 2.45) is 12.8 Å². The summed E-state index contributed by atoms with van der Waals surface area (Å²) in [4.78, 5) is 7.20. The van der Waals surface area contributed by atoms with Crippen molar-refractivity contribution in [1.29, 1.82) is 0 Å². The first-order valence-corrected chi connectivity index (χ1v) is 7.82. The van der Waals surface area contributed by atoms with E-state index in [-0.39, 0.29) is 6.04 Å². The van der Waals surface area contributed by atoms with Crippen molar-refractivity contribution in [2.75, 3.05) is 19.6 Å². The van der Waals surface area contributed by atoms with Gasteiger partial charge in [-0.3, -0.25) is 4.90 Å². The minimum absolute atomic E-state index is 0.115. The van der Waals surface area contributed by atoms with Crippen LogP contribution in [0.4, 0.5) is 0 Å². The topological polar surface area (TPSA) is 47.1 Å². The molecule has 112 valence electrons. The Morgan fingerprint density at radius 1 is 1.24 bits per heavy atom. The number of hydrogen-bond acceptors (Lipinski definition) is 3. The van der Waals surface area contributed by atoms with Gasteiger partial charge in [-0.2, -0.15) is 0 Å². The summed E-state index contributed by atoms with van der Waals surface area (Å²) >= 11 is 6.53. The average Bonchev–Trinajstić information content (AvgIpc) is 3.13. The van der Waals surface area contributed by atoms with Crippen molar-refractivity contribution in [2.45, 2.75) is 18.9 Å². The van der Waals surface area contributed by atoms with Gasteiger partial charge in [0.05, 0.1) is 11.7 Å². The lowest BCUT2D eigenvalue weighted by Gasteiger charge is -2.24. The van der Waals surface area contributed by atoms with Crippen LogP contribution in [0.15, 0.2) is 30.3 Å². The maximum absolute atomic E-state index is 6.53. The van der Waals surface area contributed by atoms with Crippen molar-refractivity contribution >= 4 is 11.6 Å². The number of hydrogen-bond donors (Lipinski definition) is 1. The molecule has 0 saturated carbocycles. The summed E-state index contributed by atoms with van der Waals surface area (Å²) in [5.74, 6) is 0.897. The Hall–Kier alpha value is -1.36. The molecule has 1 aromatic carbocycles. The molecule has 4 nitrogen and oxygen atoms in total. The molecule has 3 rings (SSSR count). The predicted octanol–water partition coefficient (Wildman–Crippen LogP) is 2.84. The van der Waals surface area contributed by atoms with Gasteiger partial charge in [-0.25, -0.2) is 4.98 Å². The third-order valence-electron chi connectivity index (χ3n) is 4.20. The molecule has 1 atom stereocenters. The van der Waals surface area contributed by atoms with Gasteiger partial charge in [0.25, 0.3) is 0 Å². The third-order valence-corrected chi connectivity index (χ3v) is 4.65. The van der Waals surface area contributed by atoms with Crippen LogP contribution in [0.25, 0.3) is 11.4 Å². The first-order chi connectivity index (χ1) is 10.2. The molecular weight excluding hydrogens is 284 g/mol. The fourth-order valence-corrected chi connectivity index (χ4v) is 3.29. The molecule has 1 saturated heterocycles. The number of nitrogens with zero attached hydrogens (tertiary/aromatic N) is 3. The quantitative estimate of drug-likeness (QED) is 0.945. The highest BCUT2D eigenvalue weighted by atomic mass is 35.5. The molecule has 1 aliphatic heterocycles. The lowest BCUT2D eigenvalue weighted by Crippen LogP contribution is -2.31. The van der Waals surface area contributed by atoms with Crippen molar-refractivity contribution < 1.29 is 0 Å². The van der Waals surface area contributed by atoms with Gasteiger partial charge in [0.2, 0.25) is 0 Å². The number of aromatic nitrogens is 2. The van der Waals surface area contributed by atoms with Gasteiger partial charge >= 0.3 is 0 Å². The Morgan fingerprint density at radius 3 is 2.52 bits per heavy atom. The van der Waals surface area contributed by atoms with E-state index >= 15 is 0 Å². The van der Waals surface area contributed by atoms with Crippen LogP contribution in [0.5, 0.6) is 0 Å². The zero-order chi connectivity index (χ0) is 14.8. The molecule has 1 aliphatic rings. The Balaban J connectivity index is 1.99. The lowest BCUT2D eigenvalue weighted by atomic mass is 10.2. The van der Waals surface area contributed by atoms with Crippen LogP contribution in [-0.2, 0) is 7.05 Å². The van der Waals surface area contributed by atoms with E-state index in [0.717, 1.165) is 30.2 Å². The molecule has 0 aliphatic carbocycles. The minimum atomic E-state index is 0.115. The second-order valence-corrected chi connectivity index (χ2v) is 5.89. The average molecular weight is 305 g/mol. The van der Waals surface area contributed by atoms with E-state index in [4.69, 9.17) is 22.3 Å². The summed E-state index contributed by atoms with van der Waals surface area (Å²) in [7, 11) is 1.96. The molecule has 5 heteroatoms. The maximum Gasteiger partial charge on any atom is 0.141 e. The van der Waals surface area contributed by atoms with E-state index in [1.165, 1.54) is 12.8 Å². The normalized spacial score (nSPS) is 17.3. The number of benzene rings is 1. The number of nitrogens with two attached hydrogens (primary N) is 1. The van der Waals surface area contributed by atoms with Gasteiger partial charge in [-0.15, -0.1) is 0 Å². The van der Waals surface area contributed by atoms with Gasteiger partial charge in [-0.05, 0) is 25.9 Å². The Bertz CT molecular complexity index is 602. The molecule has 1 fully saturated rings. The molecule has 21 heavy (non-hydrogen) atoms. The highest BCUT2D eigenvalue weighted by Crippen LogP contribution is 2.32. The van der Waals surface area contributed by atoms with E-state index in [2.05, 4.69) is 17.0 Å². The van der Waals surface area contributed by atoms with Crippen LogP contribution >= 0.6 is 11.6 Å². The summed E-state index contributed by atoms with van der Waals surface area (Å²) in [6.07, 6.45) is 2.46. The maximum atomic E-state index is 6.53. The van der Waals surface area contributed by atoms with Crippen LogP contribution in [0, 0.1) is 0 Å². The van der Waals surface area contributed by atoms with Crippen LogP contribution in [0.3, 0.4) is 0 Å². The first-order valence-electron chi connectivity index (χ1n) is 7.44. The fourth-order valence-electron chi connectivity index (χ4n) is 3.04. The van der Waals surface area contributed by atoms with Gasteiger partial charge in [0.15, 0.2) is 0 Å². The highest BCUT2D eigenvalue weighted by Gasteiger charge is 2.28. The fraction of sp³-hybridized carbons (Fsp3) is 0.438. The molecule has 0 radical (unpaired) electrons. The van der Waals surface area contributed by atoms with E-state index in [1.807, 2.05) is 29.8 Å². The standard InChI is InChI=1S/C16H21ClN4/c1-20-15(17)14(13(11-18)21-9-5-6-10-21)19-16(20)12-7-3-2-4-8-12/h2-4,7-8,13H,5-6,9-11,18H2,1H3. The monoisotopic (exact) mass is 304 g/mol. The Kier molecular flexibility index (Phi) is 4.29. The van der Waals surface area contributed by atoms with Gasteiger partial charge < -0.3 is 10.3 Å². The van der Waals surface area contributed by atoms with Crippen LogP contribution in [-0.4, -0.2) is 34.1 Å². The van der Waals surface area contributed by atoms with Crippen molar-refractivity contribution in [3.05, 3.63) is 41.2 Å². The zero-order valence-corrected chi connectivity index (χ0v) is 13.1. The number of likely N-dealkylation sites (tertiary alicyclic amines) is 1. The van der Waals surface area contributed by atoms with E-state index in [9.17, 15) is 0 Å². The largest absolute Gasteiger partial charge is 0.329 e. The summed E-state index contributed by atoms with van der Waals surface area (Å²) in [6.45, 7) is 2.70.